The van der Waals surface area contributed by atoms with Gasteiger partial charge in [-0.15, -0.1) is 6.58 Å². The molecule has 0 amide bonds. The van der Waals surface area contributed by atoms with Crippen LogP contribution in [-0.4, -0.2) is 57.2 Å². The standard InChI is InChI=1S/C19H23NO4/c1-2-8-20-9-7-18-15-11-3-4-12(21)16(15)24-17(18)13(22)5-6-19(18,23)14(20)10-11/h2-4,13-14,17,21-23H,1,5-10H2/t13?,14?,17?,18-,19?/m0/s1. The van der Waals surface area contributed by atoms with Crippen molar-refractivity contribution in [2.75, 3.05) is 13.1 Å². The third kappa shape index (κ3) is 1.43. The minimum Gasteiger partial charge on any atom is -0.504 e. The number of nitrogens with zero attached hydrogens (tertiary/aromatic N) is 1. The van der Waals surface area contributed by atoms with Gasteiger partial charge in [-0.05, 0) is 43.9 Å². The van der Waals surface area contributed by atoms with Crippen LogP contribution in [0.5, 0.6) is 11.5 Å². The molecule has 2 bridgehead atoms. The molecule has 0 aromatic heterocycles. The predicted octanol–water partition coefficient (Wildman–Crippen LogP) is 1.09. The van der Waals surface area contributed by atoms with Gasteiger partial charge in [0.15, 0.2) is 11.5 Å². The Bertz CT molecular complexity index is 734. The molecule has 3 N–H and O–H groups in total. The van der Waals surface area contributed by atoms with E-state index in [9.17, 15) is 15.3 Å². The molecule has 1 aromatic carbocycles. The van der Waals surface area contributed by atoms with E-state index in [1.54, 1.807) is 6.07 Å². The van der Waals surface area contributed by atoms with Crippen LogP contribution in [0.25, 0.3) is 0 Å². The van der Waals surface area contributed by atoms with Crippen LogP contribution in [0.1, 0.15) is 30.4 Å². The summed E-state index contributed by atoms with van der Waals surface area (Å²) in [7, 11) is 0. The van der Waals surface area contributed by atoms with Crippen molar-refractivity contribution in [2.24, 2.45) is 0 Å². The van der Waals surface area contributed by atoms with Crippen molar-refractivity contribution in [3.05, 3.63) is 35.9 Å². The third-order valence-electron chi connectivity index (χ3n) is 6.91. The van der Waals surface area contributed by atoms with Crippen LogP contribution in [0.2, 0.25) is 0 Å². The molecule has 2 aliphatic carbocycles. The summed E-state index contributed by atoms with van der Waals surface area (Å²) in [5, 5.41) is 32.8. The lowest BCUT2D eigenvalue weighted by Crippen LogP contribution is -2.77. The second-order valence-electron chi connectivity index (χ2n) is 7.74. The number of ether oxygens (including phenoxy) is 1. The molecule has 128 valence electrons. The lowest BCUT2D eigenvalue weighted by atomic mass is 9.48. The lowest BCUT2D eigenvalue weighted by molar-refractivity contribution is -0.206. The molecule has 1 aromatic rings. The number of likely N-dealkylation sites (tertiary alicyclic amines) is 1. The van der Waals surface area contributed by atoms with Crippen LogP contribution in [0.15, 0.2) is 24.8 Å². The number of aliphatic hydroxyl groups excluding tert-OH is 1. The number of benzene rings is 1. The van der Waals surface area contributed by atoms with E-state index in [1.165, 1.54) is 0 Å². The van der Waals surface area contributed by atoms with E-state index >= 15 is 0 Å². The van der Waals surface area contributed by atoms with Crippen LogP contribution < -0.4 is 4.74 Å². The zero-order valence-corrected chi connectivity index (χ0v) is 13.6. The Kier molecular flexibility index (Phi) is 2.79. The minimum atomic E-state index is -0.940. The minimum absolute atomic E-state index is 0.00848. The largest absolute Gasteiger partial charge is 0.504 e. The quantitative estimate of drug-likeness (QED) is 0.709. The van der Waals surface area contributed by atoms with Crippen LogP contribution >= 0.6 is 0 Å². The topological polar surface area (TPSA) is 73.2 Å². The fourth-order valence-corrected chi connectivity index (χ4v) is 5.99. The summed E-state index contributed by atoms with van der Waals surface area (Å²) in [5.41, 5.74) is 0.518. The first-order valence-electron chi connectivity index (χ1n) is 8.80. The average molecular weight is 329 g/mol. The summed E-state index contributed by atoms with van der Waals surface area (Å²) in [6.45, 7) is 5.44. The van der Waals surface area contributed by atoms with Crippen LogP contribution in [0, 0.1) is 0 Å². The van der Waals surface area contributed by atoms with Crippen LogP contribution in [0.4, 0.5) is 0 Å². The fourth-order valence-electron chi connectivity index (χ4n) is 5.99. The van der Waals surface area contributed by atoms with Crippen molar-refractivity contribution in [1.82, 2.24) is 4.90 Å². The van der Waals surface area contributed by atoms with E-state index in [1.807, 2.05) is 12.1 Å². The SMILES string of the molecule is C=CCN1CC[C@]23c4c5ccc(O)c4OC2C(O)CCC3(O)C1C5. The second-order valence-corrected chi connectivity index (χ2v) is 7.74. The molecule has 5 nitrogen and oxygen atoms in total. The van der Waals surface area contributed by atoms with Crippen LogP contribution in [0.3, 0.4) is 0 Å². The number of phenols is 1. The normalized spacial score (nSPS) is 42.3. The summed E-state index contributed by atoms with van der Waals surface area (Å²) in [4.78, 5) is 2.31. The van der Waals surface area contributed by atoms with Gasteiger partial charge in [0.1, 0.15) is 6.10 Å². The van der Waals surface area contributed by atoms with Gasteiger partial charge in [0.05, 0.1) is 17.1 Å². The molecule has 1 spiro atoms. The Morgan fingerprint density at radius 3 is 3.00 bits per heavy atom. The van der Waals surface area contributed by atoms with Crippen molar-refractivity contribution in [2.45, 2.75) is 54.9 Å². The fraction of sp³-hybridized carbons (Fsp3) is 0.579. The highest BCUT2D eigenvalue weighted by atomic mass is 16.5. The number of piperidine rings is 1. The first-order chi connectivity index (χ1) is 11.5. The smallest absolute Gasteiger partial charge is 0.165 e. The maximum absolute atomic E-state index is 11.9. The lowest BCUT2D eigenvalue weighted by Gasteiger charge is -2.63. The van der Waals surface area contributed by atoms with E-state index in [0.717, 1.165) is 37.1 Å². The number of aliphatic hydroxyl groups is 2. The first kappa shape index (κ1) is 14.8. The van der Waals surface area contributed by atoms with Gasteiger partial charge in [0.2, 0.25) is 0 Å². The molecule has 0 radical (unpaired) electrons. The Balaban J connectivity index is 1.78. The maximum atomic E-state index is 11.9. The van der Waals surface area contributed by atoms with E-state index in [2.05, 4.69) is 11.5 Å². The average Bonchev–Trinajstić information content (AvgIpc) is 2.91. The molecule has 2 fully saturated rings. The molecule has 4 unspecified atom stereocenters. The summed E-state index contributed by atoms with van der Waals surface area (Å²) in [5.74, 6) is 0.589. The van der Waals surface area contributed by atoms with Crippen LogP contribution in [-0.2, 0) is 11.8 Å². The Hall–Kier alpha value is -1.56. The van der Waals surface area contributed by atoms with Gasteiger partial charge in [-0.1, -0.05) is 12.1 Å². The monoisotopic (exact) mass is 329 g/mol. The molecular weight excluding hydrogens is 306 g/mol. The van der Waals surface area contributed by atoms with Gasteiger partial charge in [0, 0.05) is 18.2 Å². The number of phenolic OH excluding ortho intramolecular Hbond substituents is 1. The van der Waals surface area contributed by atoms with Gasteiger partial charge in [-0.25, -0.2) is 0 Å². The Morgan fingerprint density at radius 1 is 1.38 bits per heavy atom. The van der Waals surface area contributed by atoms with E-state index in [4.69, 9.17) is 4.74 Å². The van der Waals surface area contributed by atoms with Gasteiger partial charge < -0.3 is 20.1 Å². The molecule has 5 rings (SSSR count). The molecule has 24 heavy (non-hydrogen) atoms. The molecule has 5 heteroatoms. The summed E-state index contributed by atoms with van der Waals surface area (Å²) in [6.07, 6.45) is 3.33. The Labute approximate surface area is 141 Å². The highest BCUT2D eigenvalue weighted by Gasteiger charge is 2.72. The number of aromatic hydroxyl groups is 1. The van der Waals surface area contributed by atoms with Crippen molar-refractivity contribution < 1.29 is 20.1 Å². The van der Waals surface area contributed by atoms with Crippen molar-refractivity contribution in [3.63, 3.8) is 0 Å². The zero-order chi connectivity index (χ0) is 16.7. The summed E-state index contributed by atoms with van der Waals surface area (Å²) < 4.78 is 6.08. The van der Waals surface area contributed by atoms with Gasteiger partial charge in [0.25, 0.3) is 0 Å². The molecule has 5 atom stereocenters. The molecule has 2 heterocycles. The molecular formula is C19H23NO4. The predicted molar refractivity (Wildman–Crippen MR) is 88.3 cm³/mol. The molecule has 4 aliphatic rings. The zero-order valence-electron chi connectivity index (χ0n) is 13.6. The highest BCUT2D eigenvalue weighted by molar-refractivity contribution is 5.62. The van der Waals surface area contributed by atoms with Crippen molar-refractivity contribution in [1.29, 1.82) is 0 Å². The van der Waals surface area contributed by atoms with E-state index in [0.29, 0.717) is 18.6 Å². The molecule has 1 saturated carbocycles. The van der Waals surface area contributed by atoms with Crippen molar-refractivity contribution >= 4 is 0 Å². The molecule has 2 aliphatic heterocycles. The van der Waals surface area contributed by atoms with E-state index in [-0.39, 0.29) is 11.8 Å². The summed E-state index contributed by atoms with van der Waals surface area (Å²) >= 11 is 0. The van der Waals surface area contributed by atoms with Gasteiger partial charge in [-0.3, -0.25) is 4.90 Å². The number of rotatable bonds is 2. The highest BCUT2D eigenvalue weighted by Crippen LogP contribution is 2.65. The maximum Gasteiger partial charge on any atom is 0.165 e. The second kappa shape index (κ2) is 4.54. The first-order valence-corrected chi connectivity index (χ1v) is 8.80. The number of hydrogen-bond donors (Lipinski definition) is 3. The summed E-state index contributed by atoms with van der Waals surface area (Å²) in [6, 6.07) is 3.62. The molecule has 1 saturated heterocycles. The van der Waals surface area contributed by atoms with E-state index < -0.39 is 23.2 Å². The van der Waals surface area contributed by atoms with Gasteiger partial charge in [-0.2, -0.15) is 0 Å². The Morgan fingerprint density at radius 2 is 2.21 bits per heavy atom. The number of hydrogen-bond acceptors (Lipinski definition) is 5. The van der Waals surface area contributed by atoms with Gasteiger partial charge >= 0.3 is 0 Å². The van der Waals surface area contributed by atoms with Crippen molar-refractivity contribution in [3.8, 4) is 11.5 Å². The third-order valence-corrected chi connectivity index (χ3v) is 6.91.